The average Bonchev–Trinajstić information content (AvgIpc) is 3.15. The van der Waals surface area contributed by atoms with Gasteiger partial charge in [-0.15, -0.1) is 0 Å². The van der Waals surface area contributed by atoms with Crippen LogP contribution in [0.25, 0.3) is 11.4 Å². The van der Waals surface area contributed by atoms with Gasteiger partial charge < -0.3 is 9.26 Å². The Kier molecular flexibility index (Phi) is 5.07. The molecular formula is C13H17N3O2S2. The van der Waals surface area contributed by atoms with Crippen molar-refractivity contribution in [1.82, 2.24) is 15.0 Å². The molecule has 0 N–H and O–H groups in total. The van der Waals surface area contributed by atoms with E-state index in [-0.39, 0.29) is 0 Å². The number of aromatic nitrogens is 2. The Labute approximate surface area is 126 Å². The molecule has 0 spiro atoms. The minimum Gasteiger partial charge on any atom is -0.379 e. The van der Waals surface area contributed by atoms with Gasteiger partial charge in [0.2, 0.25) is 11.7 Å². The van der Waals surface area contributed by atoms with Crippen LogP contribution in [0.4, 0.5) is 0 Å². The van der Waals surface area contributed by atoms with Crippen molar-refractivity contribution in [2.45, 2.75) is 5.75 Å². The lowest BCUT2D eigenvalue weighted by atomic mass is 10.3. The Hall–Kier alpha value is -0.890. The van der Waals surface area contributed by atoms with E-state index in [1.807, 2.05) is 28.6 Å². The maximum atomic E-state index is 5.33. The summed E-state index contributed by atoms with van der Waals surface area (Å²) in [6.07, 6.45) is 0. The highest BCUT2D eigenvalue weighted by Crippen LogP contribution is 2.20. The third-order valence-electron chi connectivity index (χ3n) is 3.13. The van der Waals surface area contributed by atoms with E-state index in [0.717, 1.165) is 49.9 Å². The minimum absolute atomic E-state index is 0.690. The SMILES string of the molecule is c1cc(-c2noc(CSCCN3CCOCC3)n2)cs1. The van der Waals surface area contributed by atoms with E-state index in [4.69, 9.17) is 9.26 Å². The lowest BCUT2D eigenvalue weighted by Crippen LogP contribution is -2.37. The van der Waals surface area contributed by atoms with Crippen molar-refractivity contribution < 1.29 is 9.26 Å². The van der Waals surface area contributed by atoms with Crippen molar-refractivity contribution in [3.63, 3.8) is 0 Å². The van der Waals surface area contributed by atoms with E-state index in [0.29, 0.717) is 11.7 Å². The van der Waals surface area contributed by atoms with Crippen molar-refractivity contribution in [3.05, 3.63) is 22.7 Å². The van der Waals surface area contributed by atoms with Gasteiger partial charge in [-0.2, -0.15) is 28.1 Å². The molecule has 7 heteroatoms. The van der Waals surface area contributed by atoms with Gasteiger partial charge in [-0.3, -0.25) is 4.90 Å². The first kappa shape index (κ1) is 14.1. The van der Waals surface area contributed by atoms with Crippen LogP contribution in [0.1, 0.15) is 5.89 Å². The molecule has 3 rings (SSSR count). The fourth-order valence-corrected chi connectivity index (χ4v) is 3.46. The van der Waals surface area contributed by atoms with Crippen LogP contribution in [0, 0.1) is 0 Å². The molecule has 0 bridgehead atoms. The minimum atomic E-state index is 0.690. The number of thiophene rings is 1. The maximum absolute atomic E-state index is 5.33. The van der Waals surface area contributed by atoms with Gasteiger partial charge in [0.1, 0.15) is 0 Å². The van der Waals surface area contributed by atoms with Crippen molar-refractivity contribution in [2.24, 2.45) is 0 Å². The molecule has 0 saturated carbocycles. The second kappa shape index (κ2) is 7.21. The summed E-state index contributed by atoms with van der Waals surface area (Å²) >= 11 is 3.47. The topological polar surface area (TPSA) is 51.4 Å². The number of ether oxygens (including phenoxy) is 1. The Morgan fingerprint density at radius 1 is 1.35 bits per heavy atom. The fourth-order valence-electron chi connectivity index (χ4n) is 2.00. The zero-order valence-electron chi connectivity index (χ0n) is 11.2. The van der Waals surface area contributed by atoms with Crippen molar-refractivity contribution >= 4 is 23.1 Å². The smallest absolute Gasteiger partial charge is 0.236 e. The molecule has 5 nitrogen and oxygen atoms in total. The molecule has 108 valence electrons. The van der Waals surface area contributed by atoms with Crippen LogP contribution in [-0.4, -0.2) is 53.6 Å². The summed E-state index contributed by atoms with van der Waals surface area (Å²) in [7, 11) is 0. The van der Waals surface area contributed by atoms with Gasteiger partial charge in [0.05, 0.1) is 19.0 Å². The molecule has 1 aliphatic heterocycles. The van der Waals surface area contributed by atoms with Crippen LogP contribution in [-0.2, 0) is 10.5 Å². The van der Waals surface area contributed by atoms with E-state index in [9.17, 15) is 0 Å². The molecule has 0 aromatic carbocycles. The number of hydrogen-bond acceptors (Lipinski definition) is 7. The lowest BCUT2D eigenvalue weighted by molar-refractivity contribution is 0.0410. The third-order valence-corrected chi connectivity index (χ3v) is 4.73. The van der Waals surface area contributed by atoms with Crippen LogP contribution in [0.5, 0.6) is 0 Å². The van der Waals surface area contributed by atoms with Crippen LogP contribution >= 0.6 is 23.1 Å². The zero-order valence-corrected chi connectivity index (χ0v) is 12.8. The number of thioether (sulfide) groups is 1. The van der Waals surface area contributed by atoms with Gasteiger partial charge in [-0.05, 0) is 11.4 Å². The van der Waals surface area contributed by atoms with E-state index in [2.05, 4.69) is 15.0 Å². The standard InChI is InChI=1S/C13H17N3O2S2/c1-7-19-9-11(1)13-14-12(18-15-13)10-20-8-4-16-2-5-17-6-3-16/h1,7,9H,2-6,8,10H2. The summed E-state index contributed by atoms with van der Waals surface area (Å²) in [5.41, 5.74) is 1.03. The fraction of sp³-hybridized carbons (Fsp3) is 0.538. The van der Waals surface area contributed by atoms with Crippen LogP contribution < -0.4 is 0 Å². The van der Waals surface area contributed by atoms with Gasteiger partial charge in [-0.25, -0.2) is 0 Å². The summed E-state index contributed by atoms with van der Waals surface area (Å²) in [4.78, 5) is 6.84. The summed E-state index contributed by atoms with van der Waals surface area (Å²) in [5.74, 6) is 3.26. The van der Waals surface area contributed by atoms with E-state index >= 15 is 0 Å². The second-order valence-electron chi connectivity index (χ2n) is 4.53. The quantitative estimate of drug-likeness (QED) is 0.763. The van der Waals surface area contributed by atoms with E-state index < -0.39 is 0 Å². The Bertz CT molecular complexity index is 509. The first-order chi connectivity index (χ1) is 9.92. The predicted octanol–water partition coefficient (Wildman–Crippen LogP) is 2.36. The highest BCUT2D eigenvalue weighted by Gasteiger charge is 2.11. The van der Waals surface area contributed by atoms with Crippen molar-refractivity contribution in [3.8, 4) is 11.4 Å². The molecule has 1 aliphatic rings. The summed E-state index contributed by atoms with van der Waals surface area (Å²) in [6, 6.07) is 2.00. The first-order valence-electron chi connectivity index (χ1n) is 6.65. The number of nitrogens with zero attached hydrogens (tertiary/aromatic N) is 3. The largest absolute Gasteiger partial charge is 0.379 e. The monoisotopic (exact) mass is 311 g/mol. The molecule has 2 aromatic rings. The Morgan fingerprint density at radius 2 is 2.25 bits per heavy atom. The molecule has 1 fully saturated rings. The highest BCUT2D eigenvalue weighted by atomic mass is 32.2. The third kappa shape index (κ3) is 3.82. The van der Waals surface area contributed by atoms with Crippen LogP contribution in [0.15, 0.2) is 21.3 Å². The van der Waals surface area contributed by atoms with Crippen LogP contribution in [0.3, 0.4) is 0 Å². The molecule has 0 amide bonds. The molecule has 0 aliphatic carbocycles. The van der Waals surface area contributed by atoms with Gasteiger partial charge in [0.15, 0.2) is 0 Å². The average molecular weight is 311 g/mol. The summed E-state index contributed by atoms with van der Waals surface area (Å²) in [5, 5.41) is 8.05. The molecule has 0 radical (unpaired) electrons. The Balaban J connectivity index is 1.40. The first-order valence-corrected chi connectivity index (χ1v) is 8.74. The second-order valence-corrected chi connectivity index (χ2v) is 6.42. The molecular weight excluding hydrogens is 294 g/mol. The van der Waals surface area contributed by atoms with Gasteiger partial charge in [0.25, 0.3) is 0 Å². The Morgan fingerprint density at radius 3 is 3.05 bits per heavy atom. The van der Waals surface area contributed by atoms with Crippen molar-refractivity contribution in [1.29, 1.82) is 0 Å². The molecule has 2 aromatic heterocycles. The summed E-state index contributed by atoms with van der Waals surface area (Å²) in [6.45, 7) is 4.91. The molecule has 3 heterocycles. The molecule has 1 saturated heterocycles. The number of morpholine rings is 1. The molecule has 0 unspecified atom stereocenters. The van der Waals surface area contributed by atoms with Gasteiger partial charge in [0, 0.05) is 36.3 Å². The van der Waals surface area contributed by atoms with Crippen molar-refractivity contribution in [2.75, 3.05) is 38.6 Å². The van der Waals surface area contributed by atoms with E-state index in [1.165, 1.54) is 0 Å². The maximum Gasteiger partial charge on any atom is 0.236 e. The van der Waals surface area contributed by atoms with Gasteiger partial charge in [-0.1, -0.05) is 5.16 Å². The van der Waals surface area contributed by atoms with E-state index in [1.54, 1.807) is 11.3 Å². The number of hydrogen-bond donors (Lipinski definition) is 0. The predicted molar refractivity (Wildman–Crippen MR) is 81.0 cm³/mol. The molecule has 0 atom stereocenters. The normalized spacial score (nSPS) is 16.6. The number of rotatable bonds is 6. The lowest BCUT2D eigenvalue weighted by Gasteiger charge is -2.26. The summed E-state index contributed by atoms with van der Waals surface area (Å²) < 4.78 is 10.6. The van der Waals surface area contributed by atoms with Gasteiger partial charge >= 0.3 is 0 Å². The highest BCUT2D eigenvalue weighted by molar-refractivity contribution is 7.98. The zero-order chi connectivity index (χ0) is 13.6. The van der Waals surface area contributed by atoms with Crippen LogP contribution in [0.2, 0.25) is 0 Å². The molecule has 20 heavy (non-hydrogen) atoms.